The summed E-state index contributed by atoms with van der Waals surface area (Å²) in [7, 11) is -2.19. The third kappa shape index (κ3) is 2.43. The lowest BCUT2D eigenvalue weighted by Crippen LogP contribution is -2.17. The highest BCUT2D eigenvalue weighted by atomic mass is 32.2. The number of hydrogen-bond acceptors (Lipinski definition) is 4. The van der Waals surface area contributed by atoms with Crippen molar-refractivity contribution in [3.05, 3.63) is 48.8 Å². The van der Waals surface area contributed by atoms with E-state index >= 15 is 0 Å². The Morgan fingerprint density at radius 2 is 1.86 bits per heavy atom. The molecule has 1 heterocycles. The average Bonchev–Trinajstić information content (AvgIpc) is 2.78. The standard InChI is InChI=1S/C14H14N4O2S/c1-18-9-16-13(15)14(18)21(19,20)17-12-7-6-10-4-2-3-5-11(10)8-12/h2-9,17H,15H2,1H3. The molecule has 3 aromatic rings. The van der Waals surface area contributed by atoms with Crippen molar-refractivity contribution in [2.24, 2.45) is 7.05 Å². The summed E-state index contributed by atoms with van der Waals surface area (Å²) in [5.41, 5.74) is 6.10. The Kier molecular flexibility index (Phi) is 3.06. The quantitative estimate of drug-likeness (QED) is 0.774. The molecule has 0 fully saturated rings. The number of nitrogens with one attached hydrogen (secondary N) is 1. The fourth-order valence-electron chi connectivity index (χ4n) is 2.22. The summed E-state index contributed by atoms with van der Waals surface area (Å²) in [6.45, 7) is 0. The number of aromatic nitrogens is 2. The van der Waals surface area contributed by atoms with Gasteiger partial charge < -0.3 is 10.3 Å². The van der Waals surface area contributed by atoms with Gasteiger partial charge in [-0.2, -0.15) is 8.42 Å². The maximum Gasteiger partial charge on any atom is 0.281 e. The number of aryl methyl sites for hydroxylation is 1. The first-order chi connectivity index (χ1) is 9.97. The lowest BCUT2D eigenvalue weighted by atomic mass is 10.1. The van der Waals surface area contributed by atoms with Gasteiger partial charge in [-0.05, 0) is 22.9 Å². The normalized spacial score (nSPS) is 11.7. The molecule has 0 saturated heterocycles. The number of sulfonamides is 1. The van der Waals surface area contributed by atoms with E-state index < -0.39 is 10.0 Å². The van der Waals surface area contributed by atoms with Crippen molar-refractivity contribution in [1.82, 2.24) is 9.55 Å². The maximum atomic E-state index is 12.4. The number of hydrogen-bond donors (Lipinski definition) is 2. The molecule has 0 aliphatic rings. The zero-order valence-electron chi connectivity index (χ0n) is 11.3. The van der Waals surface area contributed by atoms with E-state index in [2.05, 4.69) is 9.71 Å². The smallest absolute Gasteiger partial charge is 0.281 e. The molecule has 3 rings (SSSR count). The minimum absolute atomic E-state index is 0.0224. The number of nitrogens with zero attached hydrogens (tertiary/aromatic N) is 2. The summed E-state index contributed by atoms with van der Waals surface area (Å²) in [5.74, 6) is -0.0224. The van der Waals surface area contributed by atoms with Gasteiger partial charge in [-0.3, -0.25) is 4.72 Å². The van der Waals surface area contributed by atoms with Crippen LogP contribution in [0.5, 0.6) is 0 Å². The molecule has 0 unspecified atom stereocenters. The fourth-order valence-corrected chi connectivity index (χ4v) is 3.51. The van der Waals surface area contributed by atoms with E-state index in [0.717, 1.165) is 10.8 Å². The van der Waals surface area contributed by atoms with Gasteiger partial charge in [-0.15, -0.1) is 0 Å². The largest absolute Gasteiger partial charge is 0.381 e. The topological polar surface area (TPSA) is 90.0 Å². The van der Waals surface area contributed by atoms with Gasteiger partial charge >= 0.3 is 0 Å². The molecule has 21 heavy (non-hydrogen) atoms. The number of fused-ring (bicyclic) bond motifs is 1. The van der Waals surface area contributed by atoms with Crippen molar-refractivity contribution in [3.63, 3.8) is 0 Å². The van der Waals surface area contributed by atoms with Gasteiger partial charge in [0.25, 0.3) is 10.0 Å². The van der Waals surface area contributed by atoms with Crippen molar-refractivity contribution in [3.8, 4) is 0 Å². The highest BCUT2D eigenvalue weighted by Crippen LogP contribution is 2.23. The molecule has 0 amide bonds. The summed E-state index contributed by atoms with van der Waals surface area (Å²) in [6, 6.07) is 13.1. The van der Waals surface area contributed by atoms with E-state index in [4.69, 9.17) is 5.73 Å². The predicted octanol–water partition coefficient (Wildman–Crippen LogP) is 1.96. The Balaban J connectivity index is 2.01. The van der Waals surface area contributed by atoms with Gasteiger partial charge in [0.15, 0.2) is 10.8 Å². The van der Waals surface area contributed by atoms with Crippen LogP contribution in [0.3, 0.4) is 0 Å². The van der Waals surface area contributed by atoms with Crippen LogP contribution < -0.4 is 10.5 Å². The maximum absolute atomic E-state index is 12.4. The molecule has 0 aliphatic heterocycles. The number of benzene rings is 2. The van der Waals surface area contributed by atoms with Gasteiger partial charge in [-0.25, -0.2) is 4.98 Å². The highest BCUT2D eigenvalue weighted by molar-refractivity contribution is 7.92. The lowest BCUT2D eigenvalue weighted by Gasteiger charge is -2.10. The first-order valence-corrected chi connectivity index (χ1v) is 7.74. The SMILES string of the molecule is Cn1cnc(N)c1S(=O)(=O)Nc1ccc2ccccc2c1. The molecular weight excluding hydrogens is 288 g/mol. The predicted molar refractivity (Wildman–Crippen MR) is 82.4 cm³/mol. The summed E-state index contributed by atoms with van der Waals surface area (Å²) < 4.78 is 28.7. The minimum Gasteiger partial charge on any atom is -0.381 e. The van der Waals surface area contributed by atoms with Gasteiger partial charge in [0.2, 0.25) is 0 Å². The summed E-state index contributed by atoms with van der Waals surface area (Å²) in [4.78, 5) is 3.80. The Hall–Kier alpha value is -2.54. The van der Waals surface area contributed by atoms with Crippen LogP contribution in [0.25, 0.3) is 10.8 Å². The summed E-state index contributed by atoms with van der Waals surface area (Å²) in [6.07, 6.45) is 1.37. The fraction of sp³-hybridized carbons (Fsp3) is 0.0714. The first-order valence-electron chi connectivity index (χ1n) is 6.26. The van der Waals surface area contributed by atoms with Crippen molar-refractivity contribution < 1.29 is 8.42 Å². The van der Waals surface area contributed by atoms with Crippen LogP contribution in [0, 0.1) is 0 Å². The Morgan fingerprint density at radius 1 is 1.14 bits per heavy atom. The monoisotopic (exact) mass is 302 g/mol. The van der Waals surface area contributed by atoms with Crippen LogP contribution in [-0.4, -0.2) is 18.0 Å². The molecule has 0 atom stereocenters. The van der Waals surface area contributed by atoms with E-state index in [1.165, 1.54) is 10.9 Å². The molecule has 0 bridgehead atoms. The Bertz CT molecular complexity index is 896. The molecular formula is C14H14N4O2S. The van der Waals surface area contributed by atoms with E-state index in [-0.39, 0.29) is 10.8 Å². The molecule has 0 saturated carbocycles. The third-order valence-electron chi connectivity index (χ3n) is 3.17. The van der Waals surface area contributed by atoms with Crippen LogP contribution in [0.1, 0.15) is 0 Å². The second-order valence-corrected chi connectivity index (χ2v) is 6.31. The van der Waals surface area contributed by atoms with Gasteiger partial charge in [-0.1, -0.05) is 30.3 Å². The van der Waals surface area contributed by atoms with Gasteiger partial charge in [0.05, 0.1) is 6.33 Å². The number of nitrogen functional groups attached to an aromatic ring is 1. The van der Waals surface area contributed by atoms with Crippen molar-refractivity contribution in [2.75, 3.05) is 10.5 Å². The van der Waals surface area contributed by atoms with Crippen molar-refractivity contribution in [1.29, 1.82) is 0 Å². The molecule has 6 nitrogen and oxygen atoms in total. The molecule has 3 N–H and O–H groups in total. The van der Waals surface area contributed by atoms with Crippen molar-refractivity contribution >= 4 is 32.3 Å². The zero-order chi connectivity index (χ0) is 15.0. The number of anilines is 2. The molecule has 0 radical (unpaired) electrons. The van der Waals surface area contributed by atoms with Crippen LogP contribution in [0.4, 0.5) is 11.5 Å². The third-order valence-corrected chi connectivity index (χ3v) is 4.68. The van der Waals surface area contributed by atoms with Crippen LogP contribution >= 0.6 is 0 Å². The van der Waals surface area contributed by atoms with E-state index in [1.54, 1.807) is 19.2 Å². The Labute approximate surface area is 122 Å². The first kappa shape index (κ1) is 13.4. The van der Waals surface area contributed by atoms with Crippen LogP contribution in [0.2, 0.25) is 0 Å². The van der Waals surface area contributed by atoms with Crippen LogP contribution in [0.15, 0.2) is 53.8 Å². The zero-order valence-corrected chi connectivity index (χ0v) is 12.1. The van der Waals surface area contributed by atoms with Crippen molar-refractivity contribution in [2.45, 2.75) is 5.03 Å². The molecule has 7 heteroatoms. The molecule has 2 aromatic carbocycles. The minimum atomic E-state index is -3.77. The second kappa shape index (κ2) is 4.78. The molecule has 108 valence electrons. The Morgan fingerprint density at radius 3 is 2.52 bits per heavy atom. The van der Waals surface area contributed by atoms with E-state index in [9.17, 15) is 8.42 Å². The molecule has 1 aromatic heterocycles. The number of nitrogens with two attached hydrogens (primary N) is 1. The molecule has 0 spiro atoms. The molecule has 0 aliphatic carbocycles. The van der Waals surface area contributed by atoms with E-state index in [0.29, 0.717) is 5.69 Å². The second-order valence-electron chi connectivity index (χ2n) is 4.71. The number of rotatable bonds is 3. The summed E-state index contributed by atoms with van der Waals surface area (Å²) in [5, 5.41) is 1.95. The number of imidazole rings is 1. The van der Waals surface area contributed by atoms with Gasteiger partial charge in [0, 0.05) is 12.7 Å². The van der Waals surface area contributed by atoms with E-state index in [1.807, 2.05) is 30.3 Å². The van der Waals surface area contributed by atoms with Crippen LogP contribution in [-0.2, 0) is 17.1 Å². The summed E-state index contributed by atoms with van der Waals surface area (Å²) >= 11 is 0. The highest BCUT2D eigenvalue weighted by Gasteiger charge is 2.22. The average molecular weight is 302 g/mol. The lowest BCUT2D eigenvalue weighted by molar-refractivity contribution is 0.592. The van der Waals surface area contributed by atoms with Gasteiger partial charge in [0.1, 0.15) is 0 Å².